The molecule has 1 aromatic rings. The lowest BCUT2D eigenvalue weighted by atomic mass is 10.3. The number of nitrogens with one attached hydrogen (secondary N) is 1. The van der Waals surface area contributed by atoms with E-state index in [0.717, 1.165) is 12.1 Å². The molecule has 1 atom stereocenters. The average Bonchev–Trinajstić information content (AvgIpc) is 2.10. The van der Waals surface area contributed by atoms with Gasteiger partial charge in [0.05, 0.1) is 21.3 Å². The number of anilines is 2. The van der Waals surface area contributed by atoms with Crippen molar-refractivity contribution >= 4 is 54.0 Å². The van der Waals surface area contributed by atoms with Gasteiger partial charge in [-0.25, -0.2) is 8.42 Å². The van der Waals surface area contributed by atoms with E-state index in [9.17, 15) is 17.2 Å². The lowest BCUT2D eigenvalue weighted by Crippen LogP contribution is -2.06. The molecule has 0 bridgehead atoms. The van der Waals surface area contributed by atoms with Gasteiger partial charge in [0, 0.05) is 21.9 Å². The van der Waals surface area contributed by atoms with Crippen LogP contribution in [0.15, 0.2) is 17.0 Å². The average molecular weight is 304 g/mol. The molecule has 0 saturated heterocycles. The van der Waals surface area contributed by atoms with Crippen molar-refractivity contribution in [3.05, 3.63) is 17.2 Å². The van der Waals surface area contributed by atoms with Crippen molar-refractivity contribution in [1.82, 2.24) is 0 Å². The Hall–Kier alpha value is -0.540. The Morgan fingerprint density at radius 3 is 2.44 bits per heavy atom. The van der Waals surface area contributed by atoms with Crippen molar-refractivity contribution in [2.24, 2.45) is 0 Å². The second-order valence-electron chi connectivity index (χ2n) is 2.64. The SMILES string of the molecule is Nc1c(Cl)cc(S(=O)(=O)Cl)cc1NS(=O)[O-]. The van der Waals surface area contributed by atoms with E-state index in [4.69, 9.17) is 28.0 Å². The molecule has 0 radical (unpaired) electrons. The van der Waals surface area contributed by atoms with E-state index in [1.165, 1.54) is 0 Å². The quantitative estimate of drug-likeness (QED) is 0.492. The van der Waals surface area contributed by atoms with Crippen molar-refractivity contribution in [3.63, 3.8) is 0 Å². The van der Waals surface area contributed by atoms with E-state index in [2.05, 4.69) is 0 Å². The number of nitrogen functional groups attached to an aromatic ring is 1. The summed E-state index contributed by atoms with van der Waals surface area (Å²) in [5, 5.41) is -0.116. The molecule has 90 valence electrons. The predicted molar refractivity (Wildman–Crippen MR) is 61.4 cm³/mol. The van der Waals surface area contributed by atoms with Crippen molar-refractivity contribution in [1.29, 1.82) is 0 Å². The summed E-state index contributed by atoms with van der Waals surface area (Å²) in [5.74, 6) is 0. The van der Waals surface area contributed by atoms with Gasteiger partial charge in [-0.05, 0) is 12.1 Å². The zero-order chi connectivity index (χ0) is 12.5. The maximum absolute atomic E-state index is 11.0. The summed E-state index contributed by atoms with van der Waals surface area (Å²) in [7, 11) is 1.07. The van der Waals surface area contributed by atoms with Crippen LogP contribution in [0.1, 0.15) is 0 Å². The number of benzene rings is 1. The van der Waals surface area contributed by atoms with E-state index < -0.39 is 20.3 Å². The molecular weight excluding hydrogens is 299 g/mol. The molecule has 10 heteroatoms. The summed E-state index contributed by atoms with van der Waals surface area (Å²) < 4.78 is 44.7. The normalized spacial score (nSPS) is 13.4. The third-order valence-corrected chi connectivity index (χ3v) is 3.61. The topological polar surface area (TPSA) is 112 Å². The van der Waals surface area contributed by atoms with Gasteiger partial charge in [-0.2, -0.15) is 0 Å². The lowest BCUT2D eigenvalue weighted by molar-refractivity contribution is 0.542. The van der Waals surface area contributed by atoms with Crippen LogP contribution in [0.5, 0.6) is 0 Å². The van der Waals surface area contributed by atoms with Gasteiger partial charge in [-0.3, -0.25) is 4.21 Å². The predicted octanol–water partition coefficient (Wildman–Crippen LogP) is 1.06. The highest BCUT2D eigenvalue weighted by molar-refractivity contribution is 8.13. The smallest absolute Gasteiger partial charge is 0.261 e. The third kappa shape index (κ3) is 3.22. The highest BCUT2D eigenvalue weighted by Crippen LogP contribution is 2.32. The maximum atomic E-state index is 11.0. The molecule has 16 heavy (non-hydrogen) atoms. The third-order valence-electron chi connectivity index (χ3n) is 1.58. The van der Waals surface area contributed by atoms with Gasteiger partial charge in [-0.1, -0.05) is 11.6 Å². The van der Waals surface area contributed by atoms with Crippen LogP contribution < -0.4 is 10.5 Å². The largest absolute Gasteiger partial charge is 0.755 e. The van der Waals surface area contributed by atoms with Crippen LogP contribution in [0, 0.1) is 0 Å². The van der Waals surface area contributed by atoms with E-state index in [1.54, 1.807) is 0 Å². The van der Waals surface area contributed by atoms with Gasteiger partial charge in [0.15, 0.2) is 0 Å². The molecule has 1 rings (SSSR count). The first-order valence-electron chi connectivity index (χ1n) is 3.61. The number of halogens is 2. The molecule has 0 amide bonds. The van der Waals surface area contributed by atoms with Crippen molar-refractivity contribution in [2.45, 2.75) is 4.90 Å². The fraction of sp³-hybridized carbons (Fsp3) is 0. The minimum Gasteiger partial charge on any atom is -0.755 e. The minimum atomic E-state index is -4.01. The van der Waals surface area contributed by atoms with E-state index in [-0.39, 0.29) is 21.3 Å². The minimum absolute atomic E-state index is 0.0880. The highest BCUT2D eigenvalue weighted by atomic mass is 35.7. The maximum Gasteiger partial charge on any atom is 0.261 e. The first-order chi connectivity index (χ1) is 7.21. The lowest BCUT2D eigenvalue weighted by Gasteiger charge is -2.13. The summed E-state index contributed by atoms with van der Waals surface area (Å²) in [6.45, 7) is 0. The van der Waals surface area contributed by atoms with Crippen LogP contribution in [0.25, 0.3) is 0 Å². The molecule has 0 fully saturated rings. The molecule has 0 aliphatic heterocycles. The molecule has 0 aromatic heterocycles. The second-order valence-corrected chi connectivity index (χ2v) is 6.29. The summed E-state index contributed by atoms with van der Waals surface area (Å²) in [5.41, 5.74) is 5.20. The van der Waals surface area contributed by atoms with Crippen molar-refractivity contribution < 1.29 is 17.2 Å². The highest BCUT2D eigenvalue weighted by Gasteiger charge is 2.15. The van der Waals surface area contributed by atoms with Gasteiger partial charge in [0.1, 0.15) is 0 Å². The van der Waals surface area contributed by atoms with Crippen LogP contribution in [0.2, 0.25) is 5.02 Å². The van der Waals surface area contributed by atoms with E-state index >= 15 is 0 Å². The molecule has 0 aliphatic rings. The van der Waals surface area contributed by atoms with Gasteiger partial charge < -0.3 is 15.0 Å². The van der Waals surface area contributed by atoms with Crippen molar-refractivity contribution in [3.8, 4) is 0 Å². The molecule has 1 unspecified atom stereocenters. The standard InChI is InChI=1S/C6H6Cl2N2O4S2/c7-4-1-3(16(8,13)14)2-5(6(4)9)10-15(11)12/h1-2,10H,9H2,(H,11,12)/p-1. The van der Waals surface area contributed by atoms with Crippen molar-refractivity contribution in [2.75, 3.05) is 10.5 Å². The van der Waals surface area contributed by atoms with Crippen LogP contribution in [0.4, 0.5) is 11.4 Å². The van der Waals surface area contributed by atoms with Crippen LogP contribution >= 0.6 is 22.3 Å². The molecule has 0 heterocycles. The summed E-state index contributed by atoms with van der Waals surface area (Å²) in [6.07, 6.45) is 0. The molecular formula is C6H5Cl2N2O4S2-. The van der Waals surface area contributed by atoms with Crippen LogP contribution in [-0.2, 0) is 20.3 Å². The monoisotopic (exact) mass is 303 g/mol. The summed E-state index contributed by atoms with van der Waals surface area (Å²) >= 11 is 2.97. The Kier molecular flexibility index (Phi) is 4.02. The first-order valence-corrected chi connectivity index (χ1v) is 7.37. The van der Waals surface area contributed by atoms with Crippen LogP contribution in [-0.4, -0.2) is 17.2 Å². The molecule has 0 spiro atoms. The zero-order valence-electron chi connectivity index (χ0n) is 7.44. The molecule has 0 saturated carbocycles. The number of hydrogen-bond acceptors (Lipinski definition) is 5. The zero-order valence-corrected chi connectivity index (χ0v) is 10.6. The first kappa shape index (κ1) is 13.5. The summed E-state index contributed by atoms with van der Waals surface area (Å²) in [4.78, 5) is -0.346. The molecule has 3 N–H and O–H groups in total. The summed E-state index contributed by atoms with van der Waals surface area (Å²) in [6, 6.07) is 2.00. The molecule has 1 aromatic carbocycles. The number of rotatable bonds is 3. The molecule has 6 nitrogen and oxygen atoms in total. The van der Waals surface area contributed by atoms with Crippen LogP contribution in [0.3, 0.4) is 0 Å². The second kappa shape index (κ2) is 4.76. The Bertz CT molecular complexity index is 546. The Morgan fingerprint density at radius 2 is 2.00 bits per heavy atom. The Morgan fingerprint density at radius 1 is 1.44 bits per heavy atom. The number of nitrogens with two attached hydrogens (primary N) is 1. The number of hydrogen-bond donors (Lipinski definition) is 2. The Balaban J connectivity index is 3.39. The fourth-order valence-electron chi connectivity index (χ4n) is 0.908. The van der Waals surface area contributed by atoms with Gasteiger partial charge in [0.25, 0.3) is 9.05 Å². The van der Waals surface area contributed by atoms with E-state index in [1.807, 2.05) is 4.72 Å². The molecule has 0 aliphatic carbocycles. The van der Waals surface area contributed by atoms with Gasteiger partial charge in [0.2, 0.25) is 0 Å². The van der Waals surface area contributed by atoms with Gasteiger partial charge >= 0.3 is 0 Å². The fourth-order valence-corrected chi connectivity index (χ4v) is 2.32. The Labute approximate surface area is 104 Å². The van der Waals surface area contributed by atoms with Gasteiger partial charge in [-0.15, -0.1) is 0 Å². The van der Waals surface area contributed by atoms with E-state index in [0.29, 0.717) is 0 Å².